The molecular weight excluding hydrogens is 706 g/mol. The maximum atomic E-state index is 14.2. The third-order valence-electron chi connectivity index (χ3n) is 12.6. The lowest BCUT2D eigenvalue weighted by atomic mass is 9.81. The number of nitrogens with zero attached hydrogens (tertiary/aromatic N) is 1. The highest BCUT2D eigenvalue weighted by molar-refractivity contribution is 6.39. The topological polar surface area (TPSA) is 169 Å². The van der Waals surface area contributed by atoms with E-state index < -0.39 is 77.8 Å². The van der Waals surface area contributed by atoms with Gasteiger partial charge in [-0.3, -0.25) is 14.4 Å². The molecule has 1 aliphatic carbocycles. The number of carbonyl (C=O) groups excluding carboxylic acids is 4. The van der Waals surface area contributed by atoms with Crippen molar-refractivity contribution in [3.8, 4) is 0 Å². The number of fused-ring (bicyclic) bond motifs is 3. The van der Waals surface area contributed by atoms with Crippen molar-refractivity contribution in [3.63, 3.8) is 0 Å². The van der Waals surface area contributed by atoms with Gasteiger partial charge in [-0.05, 0) is 102 Å². The van der Waals surface area contributed by atoms with Crippen LogP contribution in [0.15, 0.2) is 36.0 Å². The second kappa shape index (κ2) is 20.1. The van der Waals surface area contributed by atoms with E-state index in [0.717, 1.165) is 5.57 Å². The maximum absolute atomic E-state index is 14.2. The number of Topliss-reactive ketones (excluding diaryl/α,β-unsaturated/α-hetero) is 2. The first-order valence-electron chi connectivity index (χ1n) is 20.4. The molecule has 3 fully saturated rings. The molecule has 55 heavy (non-hydrogen) atoms. The van der Waals surface area contributed by atoms with Gasteiger partial charge < -0.3 is 39.2 Å². The lowest BCUT2D eigenvalue weighted by Crippen LogP contribution is -2.62. The van der Waals surface area contributed by atoms with Crippen LogP contribution in [-0.2, 0) is 38.1 Å². The van der Waals surface area contributed by atoms with Crippen LogP contribution >= 0.6 is 0 Å². The molecule has 12 heteroatoms. The average molecular weight is 774 g/mol. The summed E-state index contributed by atoms with van der Waals surface area (Å²) in [4.78, 5) is 57.4. The van der Waals surface area contributed by atoms with E-state index in [-0.39, 0.29) is 43.1 Å². The molecule has 3 heterocycles. The summed E-state index contributed by atoms with van der Waals surface area (Å²) in [6.07, 6.45) is 7.02. The summed E-state index contributed by atoms with van der Waals surface area (Å²) >= 11 is 0. The van der Waals surface area contributed by atoms with E-state index in [2.05, 4.69) is 13.5 Å². The predicted octanol–water partition coefficient (Wildman–Crippen LogP) is 5.01. The number of rotatable bonds is 6. The van der Waals surface area contributed by atoms with Crippen molar-refractivity contribution in [2.24, 2.45) is 29.6 Å². The Balaban J connectivity index is 1.74. The lowest BCUT2D eigenvalue weighted by Gasteiger charge is -2.45. The van der Waals surface area contributed by atoms with E-state index in [4.69, 9.17) is 18.9 Å². The molecule has 0 aromatic heterocycles. The second-order valence-corrected chi connectivity index (χ2v) is 16.9. The van der Waals surface area contributed by atoms with Crippen LogP contribution in [-0.4, -0.2) is 113 Å². The maximum Gasteiger partial charge on any atom is 0.329 e. The van der Waals surface area contributed by atoms with Crippen LogP contribution in [0.4, 0.5) is 0 Å². The van der Waals surface area contributed by atoms with E-state index in [9.17, 15) is 34.5 Å². The van der Waals surface area contributed by atoms with Gasteiger partial charge in [-0.15, -0.1) is 6.58 Å². The fraction of sp³-hybridized carbons (Fsp3) is 0.767. The number of hydrogen-bond acceptors (Lipinski definition) is 11. The largest absolute Gasteiger partial charge is 0.456 e. The number of amides is 1. The SMILES string of the molecule is C=CC[C@@H]1/C=C(\C)C[C@H](C)CC[C@H]2O[C@@](O)(C(=O)C(=O)N3CCCC[C@H]3C(=O)O[C@H](/C(C)=C/[C@@H]3CC[C@@H](O)[C@H](OC)C3)[C@H](C)[C@@H](O)CC1=O)[C@H](C)C[C@@H]2OC. The smallest absolute Gasteiger partial charge is 0.329 e. The van der Waals surface area contributed by atoms with Crippen LogP contribution in [0.1, 0.15) is 112 Å². The predicted molar refractivity (Wildman–Crippen MR) is 206 cm³/mol. The highest BCUT2D eigenvalue weighted by atomic mass is 16.7. The molecular formula is C43H67NO11. The third kappa shape index (κ3) is 11.0. The quantitative estimate of drug-likeness (QED) is 0.188. The number of piperidine rings is 1. The molecule has 310 valence electrons. The summed E-state index contributed by atoms with van der Waals surface area (Å²) in [5.74, 6) is -7.25. The summed E-state index contributed by atoms with van der Waals surface area (Å²) in [6.45, 7) is 13.3. The van der Waals surface area contributed by atoms with Gasteiger partial charge in [0.1, 0.15) is 17.9 Å². The highest BCUT2D eigenvalue weighted by Gasteiger charge is 2.55. The number of carbonyl (C=O) groups is 4. The van der Waals surface area contributed by atoms with Crippen LogP contribution in [0.5, 0.6) is 0 Å². The van der Waals surface area contributed by atoms with Crippen LogP contribution in [0.3, 0.4) is 0 Å². The van der Waals surface area contributed by atoms with Gasteiger partial charge in [0.25, 0.3) is 11.7 Å². The van der Waals surface area contributed by atoms with Gasteiger partial charge in [0, 0.05) is 44.9 Å². The number of cyclic esters (lactones) is 1. The fourth-order valence-electron chi connectivity index (χ4n) is 9.12. The van der Waals surface area contributed by atoms with Gasteiger partial charge in [0.05, 0.1) is 30.5 Å². The Bertz CT molecular complexity index is 1430. The van der Waals surface area contributed by atoms with Crippen molar-refractivity contribution in [3.05, 3.63) is 36.0 Å². The molecule has 0 spiro atoms. The Morgan fingerprint density at radius 2 is 1.67 bits per heavy atom. The summed E-state index contributed by atoms with van der Waals surface area (Å²) in [5.41, 5.74) is 1.67. The van der Waals surface area contributed by atoms with Crippen LogP contribution < -0.4 is 0 Å². The average Bonchev–Trinajstić information content (AvgIpc) is 3.16. The number of allylic oxidation sites excluding steroid dienone is 4. The minimum absolute atomic E-state index is 0.000723. The zero-order valence-electron chi connectivity index (χ0n) is 34.1. The number of hydrogen-bond donors (Lipinski definition) is 3. The Morgan fingerprint density at radius 1 is 0.964 bits per heavy atom. The zero-order valence-corrected chi connectivity index (χ0v) is 34.1. The molecule has 2 bridgehead atoms. The summed E-state index contributed by atoms with van der Waals surface area (Å²) in [7, 11) is 3.13. The minimum Gasteiger partial charge on any atom is -0.456 e. The van der Waals surface area contributed by atoms with Gasteiger partial charge in [0.2, 0.25) is 5.79 Å². The molecule has 4 rings (SSSR count). The molecule has 0 radical (unpaired) electrons. The molecule has 3 N–H and O–H groups in total. The molecule has 1 saturated carbocycles. The van der Waals surface area contributed by atoms with E-state index in [0.29, 0.717) is 69.8 Å². The number of aliphatic hydroxyl groups is 3. The minimum atomic E-state index is -2.41. The van der Waals surface area contributed by atoms with Crippen LogP contribution in [0.25, 0.3) is 0 Å². The monoisotopic (exact) mass is 773 g/mol. The number of aliphatic hydroxyl groups excluding tert-OH is 2. The molecule has 0 aromatic carbocycles. The molecule has 13 atom stereocenters. The second-order valence-electron chi connectivity index (χ2n) is 16.9. The summed E-state index contributed by atoms with van der Waals surface area (Å²) < 4.78 is 23.7. The standard InChI is InChI=1S/C43H67NO11/c1-9-12-31-20-26(3)19-25(2)14-17-36-38(53-8)22-28(5)43(51,55-36)40(48)41(49)44-18-11-10-13-32(44)42(50)54-39(29(6)34(46)24-35(31)47)27(4)21-30-15-16-33(45)37(23-30)52-7/h9,20-21,25,28-34,36-39,45-46,51H,1,10-19,22-24H2,2-8H3/b26-20+,27-21+/t25-,28-,29-,30+,31-,32+,33-,34+,36-,37-,38+,39-,43-/m1/s1. The van der Waals surface area contributed by atoms with Crippen LogP contribution in [0, 0.1) is 29.6 Å². The van der Waals surface area contributed by atoms with Gasteiger partial charge in [-0.1, -0.05) is 44.6 Å². The van der Waals surface area contributed by atoms with Gasteiger partial charge in [0.15, 0.2) is 0 Å². The van der Waals surface area contributed by atoms with Crippen molar-refractivity contribution < 1.29 is 53.4 Å². The molecule has 3 aliphatic heterocycles. The first-order chi connectivity index (χ1) is 26.0. The van der Waals surface area contributed by atoms with Crippen LogP contribution in [0.2, 0.25) is 0 Å². The molecule has 0 aromatic rings. The Kier molecular flexibility index (Phi) is 16.4. The van der Waals surface area contributed by atoms with Crippen molar-refractivity contribution in [2.45, 2.75) is 160 Å². The lowest BCUT2D eigenvalue weighted by molar-refractivity contribution is -0.287. The van der Waals surface area contributed by atoms with Crippen molar-refractivity contribution in [1.29, 1.82) is 0 Å². The zero-order chi connectivity index (χ0) is 40.6. The van der Waals surface area contributed by atoms with E-state index in [1.54, 1.807) is 34.1 Å². The summed E-state index contributed by atoms with van der Waals surface area (Å²) in [5, 5.41) is 33.9. The Hall–Kier alpha value is -2.74. The Morgan fingerprint density at radius 3 is 2.35 bits per heavy atom. The van der Waals surface area contributed by atoms with E-state index >= 15 is 0 Å². The number of esters is 1. The van der Waals surface area contributed by atoms with Gasteiger partial charge >= 0.3 is 5.97 Å². The number of methoxy groups -OCH3 is 2. The molecule has 4 aliphatic rings. The summed E-state index contributed by atoms with van der Waals surface area (Å²) in [6, 6.07) is -1.11. The van der Waals surface area contributed by atoms with E-state index in [1.165, 1.54) is 4.90 Å². The van der Waals surface area contributed by atoms with Crippen molar-refractivity contribution >= 4 is 23.4 Å². The fourth-order valence-corrected chi connectivity index (χ4v) is 9.12. The molecule has 1 amide bonds. The highest BCUT2D eigenvalue weighted by Crippen LogP contribution is 2.38. The third-order valence-corrected chi connectivity index (χ3v) is 12.6. The van der Waals surface area contributed by atoms with Gasteiger partial charge in [-0.25, -0.2) is 4.79 Å². The number of ether oxygens (including phenoxy) is 4. The van der Waals surface area contributed by atoms with Gasteiger partial charge in [-0.2, -0.15) is 0 Å². The Labute approximate surface area is 327 Å². The van der Waals surface area contributed by atoms with E-state index in [1.807, 2.05) is 26.0 Å². The molecule has 12 nitrogen and oxygen atoms in total. The first kappa shape index (κ1) is 45.0. The first-order valence-corrected chi connectivity index (χ1v) is 20.4. The number of ketones is 2. The van der Waals surface area contributed by atoms with Crippen molar-refractivity contribution in [2.75, 3.05) is 20.8 Å². The van der Waals surface area contributed by atoms with Crippen molar-refractivity contribution in [1.82, 2.24) is 4.90 Å². The molecule has 2 saturated heterocycles. The normalized spacial score (nSPS) is 40.7. The molecule has 0 unspecified atom stereocenters.